The lowest BCUT2D eigenvalue weighted by atomic mass is 10.1. The number of primary amides is 1. The van der Waals surface area contributed by atoms with E-state index in [9.17, 15) is 14.7 Å². The zero-order valence-electron chi connectivity index (χ0n) is 7.06. The summed E-state index contributed by atoms with van der Waals surface area (Å²) in [7, 11) is 0. The zero-order valence-corrected chi connectivity index (χ0v) is 7.06. The third-order valence-corrected chi connectivity index (χ3v) is 2.03. The minimum atomic E-state index is -2.54. The van der Waals surface area contributed by atoms with Gasteiger partial charge in [0.15, 0.2) is 0 Å². The molecule has 0 fully saturated rings. The van der Waals surface area contributed by atoms with E-state index in [1.54, 1.807) is 12.1 Å². The van der Waals surface area contributed by atoms with Gasteiger partial charge in [-0.05, 0) is 12.1 Å². The Bertz CT molecular complexity index is 429. The molecule has 0 saturated carbocycles. The first-order valence-electron chi connectivity index (χ1n) is 3.91. The van der Waals surface area contributed by atoms with E-state index in [2.05, 4.69) is 0 Å². The van der Waals surface area contributed by atoms with Crippen LogP contribution in [0, 0.1) is 0 Å². The fraction of sp³-hybridized carbons (Fsp3) is 0.111. The van der Waals surface area contributed by atoms with Crippen molar-refractivity contribution in [2.75, 3.05) is 0 Å². The van der Waals surface area contributed by atoms with E-state index < -0.39 is 17.5 Å². The quantitative estimate of drug-likeness (QED) is 0.585. The Morgan fingerprint density at radius 1 is 1.43 bits per heavy atom. The summed E-state index contributed by atoms with van der Waals surface area (Å²) in [6.45, 7) is 0. The van der Waals surface area contributed by atoms with E-state index >= 15 is 0 Å². The van der Waals surface area contributed by atoms with Gasteiger partial charge in [0.05, 0.1) is 5.56 Å². The molecular weight excluding hydrogens is 186 g/mol. The van der Waals surface area contributed by atoms with Gasteiger partial charge in [0.1, 0.15) is 5.75 Å². The van der Waals surface area contributed by atoms with Crippen molar-refractivity contribution in [1.29, 1.82) is 0 Å². The molecule has 14 heavy (non-hydrogen) atoms. The van der Waals surface area contributed by atoms with E-state index in [1.807, 2.05) is 0 Å². The van der Waals surface area contributed by atoms with Crippen LogP contribution in [0.25, 0.3) is 0 Å². The number of Topliss-reactive ketones (excluding diaryl/α,β-unsaturated/α-hetero) is 1. The van der Waals surface area contributed by atoms with Crippen molar-refractivity contribution in [3.63, 3.8) is 0 Å². The first kappa shape index (κ1) is 8.71. The number of nitrogens with two attached hydrogens (primary N) is 1. The highest BCUT2D eigenvalue weighted by Gasteiger charge is 2.51. The second kappa shape index (κ2) is 2.55. The molecule has 0 saturated heterocycles. The minimum absolute atomic E-state index is 0.161. The van der Waals surface area contributed by atoms with Gasteiger partial charge in [-0.15, -0.1) is 0 Å². The maximum Gasteiger partial charge on any atom is 0.354 e. The summed E-state index contributed by atoms with van der Waals surface area (Å²) >= 11 is 0. The number of ether oxygens (including phenoxy) is 1. The predicted molar refractivity (Wildman–Crippen MR) is 45.5 cm³/mol. The molecular formula is C9H7NO4. The summed E-state index contributed by atoms with van der Waals surface area (Å²) in [6, 6.07) is 6.17. The van der Waals surface area contributed by atoms with Crippen LogP contribution in [0.5, 0.6) is 5.75 Å². The molecule has 1 aliphatic heterocycles. The van der Waals surface area contributed by atoms with Gasteiger partial charge in [-0.3, -0.25) is 9.59 Å². The van der Waals surface area contributed by atoms with Crippen molar-refractivity contribution < 1.29 is 19.4 Å². The lowest BCUT2D eigenvalue weighted by Crippen LogP contribution is -2.52. The Labute approximate surface area is 79.1 Å². The van der Waals surface area contributed by atoms with Crippen molar-refractivity contribution in [3.8, 4) is 5.75 Å². The molecule has 1 unspecified atom stereocenters. The highest BCUT2D eigenvalue weighted by atomic mass is 16.6. The van der Waals surface area contributed by atoms with Gasteiger partial charge < -0.3 is 15.6 Å². The first-order valence-corrected chi connectivity index (χ1v) is 3.91. The molecule has 3 N–H and O–H groups in total. The van der Waals surface area contributed by atoms with Crippen molar-refractivity contribution >= 4 is 11.7 Å². The topological polar surface area (TPSA) is 89.6 Å². The summed E-state index contributed by atoms with van der Waals surface area (Å²) in [5.74, 6) is -4.40. The number of rotatable bonds is 1. The van der Waals surface area contributed by atoms with Gasteiger partial charge in [0.2, 0.25) is 5.78 Å². The van der Waals surface area contributed by atoms with E-state index in [4.69, 9.17) is 10.5 Å². The van der Waals surface area contributed by atoms with Gasteiger partial charge in [0.25, 0.3) is 5.91 Å². The molecule has 1 atom stereocenters. The summed E-state index contributed by atoms with van der Waals surface area (Å²) in [5, 5.41) is 9.51. The molecule has 1 aliphatic rings. The van der Waals surface area contributed by atoms with Crippen LogP contribution in [-0.4, -0.2) is 22.6 Å². The molecule has 0 aliphatic carbocycles. The Kier molecular flexibility index (Phi) is 1.59. The van der Waals surface area contributed by atoms with Gasteiger partial charge in [-0.2, -0.15) is 0 Å². The Hall–Kier alpha value is -1.88. The molecule has 72 valence electrons. The number of para-hydroxylation sites is 1. The minimum Gasteiger partial charge on any atom is -0.446 e. The molecule has 1 amide bonds. The Morgan fingerprint density at radius 3 is 2.64 bits per heavy atom. The first-order chi connectivity index (χ1) is 6.55. The van der Waals surface area contributed by atoms with Crippen LogP contribution >= 0.6 is 0 Å². The van der Waals surface area contributed by atoms with Crippen LogP contribution in [0.15, 0.2) is 24.3 Å². The molecule has 2 rings (SSSR count). The molecule has 5 nitrogen and oxygen atoms in total. The number of fused-ring (bicyclic) bond motifs is 1. The molecule has 0 spiro atoms. The van der Waals surface area contributed by atoms with E-state index in [-0.39, 0.29) is 11.3 Å². The van der Waals surface area contributed by atoms with E-state index in [1.165, 1.54) is 12.1 Å². The third kappa shape index (κ3) is 0.928. The second-order valence-electron chi connectivity index (χ2n) is 2.94. The second-order valence-corrected chi connectivity index (χ2v) is 2.94. The smallest absolute Gasteiger partial charge is 0.354 e. The summed E-state index contributed by atoms with van der Waals surface area (Å²) < 4.78 is 4.80. The summed E-state index contributed by atoms with van der Waals surface area (Å²) in [4.78, 5) is 22.3. The van der Waals surface area contributed by atoms with Crippen LogP contribution in [0.3, 0.4) is 0 Å². The molecule has 1 aromatic carbocycles. The number of benzene rings is 1. The molecule has 0 bridgehead atoms. The Morgan fingerprint density at radius 2 is 2.07 bits per heavy atom. The number of carbonyl (C=O) groups is 2. The molecule has 5 heteroatoms. The summed E-state index contributed by atoms with van der Waals surface area (Å²) in [5.41, 5.74) is 5.03. The lowest BCUT2D eigenvalue weighted by molar-refractivity contribution is -0.154. The Balaban J connectivity index is 2.54. The maximum atomic E-state index is 11.5. The molecule has 1 aromatic rings. The molecule has 0 radical (unpaired) electrons. The van der Waals surface area contributed by atoms with E-state index in [0.29, 0.717) is 0 Å². The van der Waals surface area contributed by atoms with Crippen LogP contribution in [0.2, 0.25) is 0 Å². The van der Waals surface area contributed by atoms with Crippen LogP contribution < -0.4 is 10.5 Å². The van der Waals surface area contributed by atoms with Crippen LogP contribution in [0.1, 0.15) is 10.4 Å². The number of ketones is 1. The van der Waals surface area contributed by atoms with Crippen LogP contribution in [-0.2, 0) is 4.79 Å². The van der Waals surface area contributed by atoms with Gasteiger partial charge in [0, 0.05) is 0 Å². The molecule has 0 aromatic heterocycles. The SMILES string of the molecule is NC(=O)C1(O)Oc2ccccc2C1=O. The van der Waals surface area contributed by atoms with Crippen molar-refractivity contribution in [1.82, 2.24) is 0 Å². The highest BCUT2D eigenvalue weighted by molar-refractivity contribution is 6.18. The number of amides is 1. The van der Waals surface area contributed by atoms with Crippen molar-refractivity contribution in [3.05, 3.63) is 29.8 Å². The van der Waals surface area contributed by atoms with Gasteiger partial charge in [-0.1, -0.05) is 12.1 Å². The zero-order chi connectivity index (χ0) is 10.3. The highest BCUT2D eigenvalue weighted by Crippen LogP contribution is 2.32. The number of hydrogen-bond acceptors (Lipinski definition) is 4. The van der Waals surface area contributed by atoms with Gasteiger partial charge in [-0.25, -0.2) is 0 Å². The van der Waals surface area contributed by atoms with E-state index in [0.717, 1.165) is 0 Å². The summed E-state index contributed by atoms with van der Waals surface area (Å²) in [6.07, 6.45) is 0. The standard InChI is InChI=1S/C9H7NO4/c10-8(12)9(13)7(11)5-3-1-2-4-6(5)14-9/h1-4,13H,(H2,10,12). The monoisotopic (exact) mass is 193 g/mol. The lowest BCUT2D eigenvalue weighted by Gasteiger charge is -2.15. The van der Waals surface area contributed by atoms with Crippen molar-refractivity contribution in [2.24, 2.45) is 5.73 Å². The number of aliphatic hydroxyl groups is 1. The fourth-order valence-electron chi connectivity index (χ4n) is 1.29. The predicted octanol–water partition coefficient (Wildman–Crippen LogP) is -0.564. The van der Waals surface area contributed by atoms with Gasteiger partial charge >= 0.3 is 5.79 Å². The third-order valence-electron chi connectivity index (χ3n) is 2.03. The maximum absolute atomic E-state index is 11.5. The molecule has 1 heterocycles. The van der Waals surface area contributed by atoms with Crippen molar-refractivity contribution in [2.45, 2.75) is 5.79 Å². The number of hydrogen-bond donors (Lipinski definition) is 2. The normalized spacial score (nSPS) is 24.2. The largest absolute Gasteiger partial charge is 0.446 e. The average Bonchev–Trinajstić information content (AvgIpc) is 2.42. The number of carbonyl (C=O) groups excluding carboxylic acids is 2. The average molecular weight is 193 g/mol. The fourth-order valence-corrected chi connectivity index (χ4v) is 1.29. The van der Waals surface area contributed by atoms with Crippen LogP contribution in [0.4, 0.5) is 0 Å².